The van der Waals surface area contributed by atoms with Gasteiger partial charge < -0.3 is 9.47 Å². The van der Waals surface area contributed by atoms with Crippen molar-refractivity contribution >= 4 is 27.9 Å². The van der Waals surface area contributed by atoms with Crippen molar-refractivity contribution in [3.05, 3.63) is 35.4 Å². The van der Waals surface area contributed by atoms with Gasteiger partial charge in [0, 0.05) is 20.1 Å². The number of benzene rings is 1. The zero-order valence-corrected chi connectivity index (χ0v) is 12.6. The smallest absolute Gasteiger partial charge is 0.348 e. The Balaban J connectivity index is 2.32. The molecule has 0 atom stereocenters. The topological polar surface area (TPSA) is 86.7 Å². The van der Waals surface area contributed by atoms with Crippen molar-refractivity contribution in [2.24, 2.45) is 0 Å². The van der Waals surface area contributed by atoms with E-state index in [0.29, 0.717) is 5.56 Å². The fourth-order valence-electron chi connectivity index (χ4n) is 1.76. The third kappa shape index (κ3) is 3.49. The summed E-state index contributed by atoms with van der Waals surface area (Å²) in [4.78, 5) is 23.7. The third-order valence-electron chi connectivity index (χ3n) is 2.74. The third-order valence-corrected chi connectivity index (χ3v) is 3.86. The first kappa shape index (κ1) is 15.2. The molecule has 0 unspecified atom stereocenters. The molecule has 0 spiro atoms. The highest BCUT2D eigenvalue weighted by molar-refractivity contribution is 7.90. The minimum atomic E-state index is -3.29. The van der Waals surface area contributed by atoms with Gasteiger partial charge in [-0.2, -0.15) is 0 Å². The maximum atomic E-state index is 11.8. The van der Waals surface area contributed by atoms with Gasteiger partial charge in [0.25, 0.3) is 5.79 Å². The quantitative estimate of drug-likeness (QED) is 0.465. The molecule has 21 heavy (non-hydrogen) atoms. The van der Waals surface area contributed by atoms with Gasteiger partial charge in [-0.25, -0.2) is 18.0 Å². The van der Waals surface area contributed by atoms with E-state index in [9.17, 15) is 18.0 Å². The van der Waals surface area contributed by atoms with Crippen LogP contribution < -0.4 is 0 Å². The molecule has 0 saturated carbocycles. The maximum absolute atomic E-state index is 11.8. The summed E-state index contributed by atoms with van der Waals surface area (Å²) in [7, 11) is -3.29. The molecule has 1 saturated heterocycles. The van der Waals surface area contributed by atoms with E-state index in [0.717, 1.165) is 6.26 Å². The fourth-order valence-corrected chi connectivity index (χ4v) is 2.39. The highest BCUT2D eigenvalue weighted by Crippen LogP contribution is 2.24. The molecular weight excluding hydrogens is 296 g/mol. The summed E-state index contributed by atoms with van der Waals surface area (Å²) in [6.07, 6.45) is 2.39. The van der Waals surface area contributed by atoms with Crippen molar-refractivity contribution in [3.8, 4) is 0 Å². The predicted molar refractivity (Wildman–Crippen MR) is 73.8 cm³/mol. The number of sulfone groups is 1. The Kier molecular flexibility index (Phi) is 3.63. The summed E-state index contributed by atoms with van der Waals surface area (Å²) >= 11 is 0. The lowest BCUT2D eigenvalue weighted by atomic mass is 10.1. The van der Waals surface area contributed by atoms with Crippen LogP contribution in [-0.2, 0) is 28.9 Å². The van der Waals surface area contributed by atoms with Crippen LogP contribution in [0.4, 0.5) is 0 Å². The molecule has 1 heterocycles. The molecule has 1 fully saturated rings. The second-order valence-corrected chi connectivity index (χ2v) is 7.09. The Labute approximate surface area is 122 Å². The molecule has 112 valence electrons. The zero-order valence-electron chi connectivity index (χ0n) is 11.7. The van der Waals surface area contributed by atoms with Gasteiger partial charge in [-0.05, 0) is 23.8 Å². The van der Waals surface area contributed by atoms with Gasteiger partial charge in [0.2, 0.25) is 0 Å². The number of esters is 2. The Morgan fingerprint density at radius 1 is 1.00 bits per heavy atom. The molecule has 1 aliphatic rings. The first-order chi connectivity index (χ1) is 9.58. The number of rotatable bonds is 2. The van der Waals surface area contributed by atoms with Crippen LogP contribution in [0.25, 0.3) is 6.08 Å². The van der Waals surface area contributed by atoms with Crippen LogP contribution in [0.3, 0.4) is 0 Å². The first-order valence-electron chi connectivity index (χ1n) is 6.07. The molecule has 6 nitrogen and oxygen atoms in total. The molecule has 0 aliphatic carbocycles. The monoisotopic (exact) mass is 310 g/mol. The normalized spacial score (nSPS) is 18.0. The largest absolute Gasteiger partial charge is 0.419 e. The van der Waals surface area contributed by atoms with Crippen molar-refractivity contribution in [1.29, 1.82) is 0 Å². The first-order valence-corrected chi connectivity index (χ1v) is 7.96. The van der Waals surface area contributed by atoms with Crippen LogP contribution in [0.5, 0.6) is 0 Å². The Morgan fingerprint density at radius 3 is 1.90 bits per heavy atom. The average molecular weight is 310 g/mol. The SMILES string of the molecule is CC1(C)OC(=O)C(=Cc2ccc(S(C)(=O)=O)cc2)C(=O)O1. The minimum Gasteiger partial charge on any atom is -0.419 e. The molecule has 0 bridgehead atoms. The van der Waals surface area contributed by atoms with E-state index in [1.54, 1.807) is 0 Å². The van der Waals surface area contributed by atoms with Gasteiger partial charge in [0.15, 0.2) is 9.84 Å². The van der Waals surface area contributed by atoms with E-state index < -0.39 is 27.6 Å². The van der Waals surface area contributed by atoms with E-state index in [1.807, 2.05) is 0 Å². The van der Waals surface area contributed by atoms with Gasteiger partial charge >= 0.3 is 11.9 Å². The molecule has 0 amide bonds. The van der Waals surface area contributed by atoms with E-state index in [1.165, 1.54) is 44.2 Å². The fraction of sp³-hybridized carbons (Fsp3) is 0.286. The van der Waals surface area contributed by atoms with Crippen molar-refractivity contribution in [2.45, 2.75) is 24.5 Å². The van der Waals surface area contributed by atoms with Gasteiger partial charge in [0.05, 0.1) is 4.90 Å². The van der Waals surface area contributed by atoms with Crippen LogP contribution in [0.1, 0.15) is 19.4 Å². The van der Waals surface area contributed by atoms with Gasteiger partial charge in [-0.1, -0.05) is 12.1 Å². The van der Waals surface area contributed by atoms with Crippen LogP contribution in [0.2, 0.25) is 0 Å². The standard InChI is InChI=1S/C14H14O6S/c1-14(2)19-12(15)11(13(16)20-14)8-9-4-6-10(7-5-9)21(3,17)18/h4-8H,1-3H3. The van der Waals surface area contributed by atoms with Crippen molar-refractivity contribution in [3.63, 3.8) is 0 Å². The number of cyclic esters (lactones) is 2. The van der Waals surface area contributed by atoms with Crippen molar-refractivity contribution < 1.29 is 27.5 Å². The van der Waals surface area contributed by atoms with Gasteiger partial charge in [0.1, 0.15) is 5.57 Å². The predicted octanol–water partition coefficient (Wildman–Crippen LogP) is 1.31. The maximum Gasteiger partial charge on any atom is 0.348 e. The molecule has 7 heteroatoms. The number of carbonyl (C=O) groups is 2. The molecule has 1 aromatic rings. The van der Waals surface area contributed by atoms with E-state index in [2.05, 4.69) is 0 Å². The molecule has 1 aromatic carbocycles. The molecule has 0 aromatic heterocycles. The summed E-state index contributed by atoms with van der Waals surface area (Å²) in [5, 5.41) is 0. The number of hydrogen-bond donors (Lipinski definition) is 0. The highest BCUT2D eigenvalue weighted by atomic mass is 32.2. The second kappa shape index (κ2) is 5.00. The minimum absolute atomic E-state index is 0.152. The van der Waals surface area contributed by atoms with Gasteiger partial charge in [-0.15, -0.1) is 0 Å². The van der Waals surface area contributed by atoms with Crippen LogP contribution in [0, 0.1) is 0 Å². The lowest BCUT2D eigenvalue weighted by Gasteiger charge is -2.29. The molecule has 1 aliphatic heterocycles. The summed E-state index contributed by atoms with van der Waals surface area (Å²) < 4.78 is 32.6. The Bertz CT molecular complexity index is 703. The number of ether oxygens (including phenoxy) is 2. The highest BCUT2D eigenvalue weighted by Gasteiger charge is 2.38. The summed E-state index contributed by atoms with van der Waals surface area (Å²) in [6, 6.07) is 5.77. The second-order valence-electron chi connectivity index (χ2n) is 5.08. The van der Waals surface area contributed by atoms with Gasteiger partial charge in [-0.3, -0.25) is 0 Å². The van der Waals surface area contributed by atoms with Crippen LogP contribution in [-0.4, -0.2) is 32.4 Å². The molecule has 0 radical (unpaired) electrons. The Hall–Kier alpha value is -2.15. The van der Waals surface area contributed by atoms with Crippen molar-refractivity contribution in [1.82, 2.24) is 0 Å². The number of hydrogen-bond acceptors (Lipinski definition) is 6. The lowest BCUT2D eigenvalue weighted by molar-refractivity contribution is -0.222. The number of carbonyl (C=O) groups excluding carboxylic acids is 2. The summed E-state index contributed by atoms with van der Waals surface area (Å²) in [5.41, 5.74) is 0.257. The summed E-state index contributed by atoms with van der Waals surface area (Å²) in [5.74, 6) is -2.84. The van der Waals surface area contributed by atoms with E-state index in [4.69, 9.17) is 9.47 Å². The van der Waals surface area contributed by atoms with E-state index in [-0.39, 0.29) is 10.5 Å². The molecule has 2 rings (SSSR count). The van der Waals surface area contributed by atoms with Crippen molar-refractivity contribution in [2.75, 3.05) is 6.26 Å². The Morgan fingerprint density at radius 2 is 1.48 bits per heavy atom. The van der Waals surface area contributed by atoms with E-state index >= 15 is 0 Å². The molecular formula is C14H14O6S. The molecule has 0 N–H and O–H groups in total. The average Bonchev–Trinajstić information content (AvgIpc) is 2.32. The zero-order chi connectivity index (χ0) is 15.8. The lowest BCUT2D eigenvalue weighted by Crippen LogP contribution is -2.41. The van der Waals surface area contributed by atoms with Crippen LogP contribution >= 0.6 is 0 Å². The summed E-state index contributed by atoms with van der Waals surface area (Å²) in [6.45, 7) is 2.92. The van der Waals surface area contributed by atoms with Crippen LogP contribution in [0.15, 0.2) is 34.7 Å².